The van der Waals surface area contributed by atoms with E-state index in [1.165, 1.54) is 6.42 Å². The number of rotatable bonds is 2. The van der Waals surface area contributed by atoms with Gasteiger partial charge in [0.2, 0.25) is 0 Å². The fraction of sp³-hybridized carbons (Fsp3) is 0.875. The highest BCUT2D eigenvalue weighted by atomic mass is 16.3. The first-order chi connectivity index (χ1) is 5.83. The molecule has 1 saturated heterocycles. The zero-order chi connectivity index (χ0) is 8.55. The fourth-order valence-corrected chi connectivity index (χ4v) is 2.25. The highest BCUT2D eigenvalue weighted by molar-refractivity contribution is 5.77. The average Bonchev–Trinajstić information content (AvgIpc) is 2.56. The number of carbonyl (C=O) groups is 1. The predicted molar refractivity (Wildman–Crippen MR) is 43.8 cm³/mol. The lowest BCUT2D eigenvalue weighted by Gasteiger charge is -2.20. The van der Waals surface area contributed by atoms with Crippen LogP contribution < -0.4 is 5.32 Å². The van der Waals surface area contributed by atoms with E-state index >= 15 is 0 Å². The molecular formula is C8H14N2O2. The molecule has 1 aliphatic carbocycles. The van der Waals surface area contributed by atoms with Crippen LogP contribution >= 0.6 is 0 Å². The maximum Gasteiger partial charge on any atom is 0.318 e. The maximum atomic E-state index is 11.3. The largest absolute Gasteiger partial charge is 0.395 e. The number of nitrogens with one attached hydrogen (secondary N) is 1. The van der Waals surface area contributed by atoms with E-state index in [9.17, 15) is 4.79 Å². The molecule has 0 radical (unpaired) electrons. The van der Waals surface area contributed by atoms with E-state index in [1.807, 2.05) is 0 Å². The standard InChI is InChI=1S/C8H14N2O2/c11-5-4-10-7-3-1-2-6(7)9-8(10)12/h6-7,11H,1-5H2,(H,9,12). The van der Waals surface area contributed by atoms with Crippen LogP contribution in [-0.2, 0) is 0 Å². The molecular weight excluding hydrogens is 156 g/mol. The minimum atomic E-state index is -0.00116. The van der Waals surface area contributed by atoms with E-state index in [0.29, 0.717) is 18.6 Å². The third-order valence-corrected chi connectivity index (χ3v) is 2.79. The van der Waals surface area contributed by atoms with Gasteiger partial charge in [-0.25, -0.2) is 4.79 Å². The highest BCUT2D eigenvalue weighted by Gasteiger charge is 2.41. The van der Waals surface area contributed by atoms with Gasteiger partial charge in [0.15, 0.2) is 0 Å². The van der Waals surface area contributed by atoms with Gasteiger partial charge in [-0.2, -0.15) is 0 Å². The van der Waals surface area contributed by atoms with Gasteiger partial charge >= 0.3 is 6.03 Å². The van der Waals surface area contributed by atoms with Gasteiger partial charge in [-0.15, -0.1) is 0 Å². The predicted octanol–water partition coefficient (Wildman–Crippen LogP) is -0.0750. The number of amides is 2. The van der Waals surface area contributed by atoms with Crippen molar-refractivity contribution in [2.75, 3.05) is 13.2 Å². The minimum Gasteiger partial charge on any atom is -0.395 e. The molecule has 1 saturated carbocycles. The number of nitrogens with zero attached hydrogens (tertiary/aromatic N) is 1. The zero-order valence-electron chi connectivity index (χ0n) is 6.99. The lowest BCUT2D eigenvalue weighted by Crippen LogP contribution is -2.36. The van der Waals surface area contributed by atoms with E-state index in [1.54, 1.807) is 4.90 Å². The molecule has 1 heterocycles. The number of β-amino-alcohol motifs (C(OH)–C–C–N with tert-alkyl or cyclic N) is 1. The van der Waals surface area contributed by atoms with Gasteiger partial charge in [0.05, 0.1) is 18.7 Å². The van der Waals surface area contributed by atoms with Crippen LogP contribution in [0.1, 0.15) is 19.3 Å². The lowest BCUT2D eigenvalue weighted by atomic mass is 10.2. The van der Waals surface area contributed by atoms with Crippen LogP contribution in [0.15, 0.2) is 0 Å². The fourth-order valence-electron chi connectivity index (χ4n) is 2.25. The maximum absolute atomic E-state index is 11.3. The van der Waals surface area contributed by atoms with Crippen LogP contribution in [0.3, 0.4) is 0 Å². The van der Waals surface area contributed by atoms with Crippen LogP contribution in [0, 0.1) is 0 Å². The second kappa shape index (κ2) is 2.94. The number of aliphatic hydroxyl groups is 1. The quantitative estimate of drug-likeness (QED) is 0.609. The summed E-state index contributed by atoms with van der Waals surface area (Å²) in [5.41, 5.74) is 0. The Morgan fingerprint density at radius 1 is 1.58 bits per heavy atom. The van der Waals surface area contributed by atoms with Gasteiger partial charge < -0.3 is 15.3 Å². The molecule has 0 aromatic carbocycles. The normalized spacial score (nSPS) is 33.8. The first-order valence-electron chi connectivity index (χ1n) is 4.51. The molecule has 2 aliphatic rings. The summed E-state index contributed by atoms with van der Waals surface area (Å²) in [6.45, 7) is 0.545. The molecule has 2 unspecified atom stereocenters. The van der Waals surface area contributed by atoms with Gasteiger partial charge in [-0.1, -0.05) is 0 Å². The molecule has 2 fully saturated rings. The summed E-state index contributed by atoms with van der Waals surface area (Å²) < 4.78 is 0. The molecule has 12 heavy (non-hydrogen) atoms. The smallest absolute Gasteiger partial charge is 0.318 e. The summed E-state index contributed by atoms with van der Waals surface area (Å²) in [4.78, 5) is 13.0. The topological polar surface area (TPSA) is 52.6 Å². The van der Waals surface area contributed by atoms with Crippen LogP contribution in [0.4, 0.5) is 4.79 Å². The van der Waals surface area contributed by atoms with Gasteiger partial charge in [0.25, 0.3) is 0 Å². The number of fused-ring (bicyclic) bond motifs is 1. The molecule has 2 amide bonds. The highest BCUT2D eigenvalue weighted by Crippen LogP contribution is 2.28. The Labute approximate surface area is 71.5 Å². The lowest BCUT2D eigenvalue weighted by molar-refractivity contribution is 0.177. The molecule has 0 spiro atoms. The van der Waals surface area contributed by atoms with Gasteiger partial charge in [0, 0.05) is 6.54 Å². The molecule has 68 valence electrons. The number of aliphatic hydroxyl groups excluding tert-OH is 1. The van der Waals surface area contributed by atoms with Crippen LogP contribution in [0.25, 0.3) is 0 Å². The monoisotopic (exact) mass is 170 g/mol. The third-order valence-electron chi connectivity index (χ3n) is 2.79. The summed E-state index contributed by atoms with van der Waals surface area (Å²) in [7, 11) is 0. The Hall–Kier alpha value is -0.770. The zero-order valence-corrected chi connectivity index (χ0v) is 6.99. The average molecular weight is 170 g/mol. The molecule has 0 aromatic rings. The van der Waals surface area contributed by atoms with E-state index in [0.717, 1.165) is 12.8 Å². The molecule has 0 bridgehead atoms. The third kappa shape index (κ3) is 1.06. The van der Waals surface area contributed by atoms with Gasteiger partial charge in [-0.3, -0.25) is 0 Å². The summed E-state index contributed by atoms with van der Waals surface area (Å²) >= 11 is 0. The molecule has 1 aliphatic heterocycles. The summed E-state index contributed by atoms with van der Waals surface area (Å²) in [6, 6.07) is 0.701. The molecule has 0 aromatic heterocycles. The molecule has 2 N–H and O–H groups in total. The van der Waals surface area contributed by atoms with E-state index in [-0.39, 0.29) is 12.6 Å². The second-order valence-corrected chi connectivity index (χ2v) is 3.47. The molecule has 2 rings (SSSR count). The van der Waals surface area contributed by atoms with Gasteiger partial charge in [0.1, 0.15) is 0 Å². The van der Waals surface area contributed by atoms with E-state index in [4.69, 9.17) is 5.11 Å². The Balaban J connectivity index is 2.05. The number of urea groups is 1. The van der Waals surface area contributed by atoms with Crippen LogP contribution in [0.2, 0.25) is 0 Å². The molecule has 2 atom stereocenters. The number of carbonyl (C=O) groups excluding carboxylic acids is 1. The molecule has 4 nitrogen and oxygen atoms in total. The number of hydrogen-bond acceptors (Lipinski definition) is 2. The van der Waals surface area contributed by atoms with Gasteiger partial charge in [-0.05, 0) is 19.3 Å². The van der Waals surface area contributed by atoms with E-state index in [2.05, 4.69) is 5.32 Å². The Morgan fingerprint density at radius 3 is 3.17 bits per heavy atom. The first kappa shape index (κ1) is 7.86. The Morgan fingerprint density at radius 2 is 2.42 bits per heavy atom. The van der Waals surface area contributed by atoms with Crippen molar-refractivity contribution in [2.24, 2.45) is 0 Å². The van der Waals surface area contributed by atoms with Crippen molar-refractivity contribution in [1.82, 2.24) is 10.2 Å². The summed E-state index contributed by atoms with van der Waals surface area (Å²) in [5, 5.41) is 11.7. The van der Waals surface area contributed by atoms with Crippen molar-refractivity contribution in [3.63, 3.8) is 0 Å². The van der Waals surface area contributed by atoms with Crippen molar-refractivity contribution >= 4 is 6.03 Å². The second-order valence-electron chi connectivity index (χ2n) is 3.47. The van der Waals surface area contributed by atoms with Crippen molar-refractivity contribution in [2.45, 2.75) is 31.3 Å². The van der Waals surface area contributed by atoms with Crippen LogP contribution in [-0.4, -0.2) is 41.3 Å². The Kier molecular flexibility index (Phi) is 1.92. The van der Waals surface area contributed by atoms with Crippen LogP contribution in [0.5, 0.6) is 0 Å². The van der Waals surface area contributed by atoms with Crippen molar-refractivity contribution in [3.8, 4) is 0 Å². The van der Waals surface area contributed by atoms with Crippen molar-refractivity contribution < 1.29 is 9.90 Å². The summed E-state index contributed by atoms with van der Waals surface area (Å²) in [6.07, 6.45) is 3.37. The minimum absolute atomic E-state index is 0.00116. The first-order valence-corrected chi connectivity index (χ1v) is 4.51. The van der Waals surface area contributed by atoms with Crippen molar-refractivity contribution in [3.05, 3.63) is 0 Å². The number of hydrogen-bond donors (Lipinski definition) is 2. The van der Waals surface area contributed by atoms with E-state index < -0.39 is 0 Å². The Bertz CT molecular complexity index is 195. The SMILES string of the molecule is O=C1NC2CCCC2N1CCO. The molecule has 4 heteroatoms. The summed E-state index contributed by atoms with van der Waals surface area (Å²) in [5.74, 6) is 0. The van der Waals surface area contributed by atoms with Crippen molar-refractivity contribution in [1.29, 1.82) is 0 Å².